The highest BCUT2D eigenvalue weighted by Crippen LogP contribution is 2.15. The lowest BCUT2D eigenvalue weighted by molar-refractivity contribution is -0.915. The van der Waals surface area contributed by atoms with E-state index in [4.69, 9.17) is 0 Å². The van der Waals surface area contributed by atoms with Crippen LogP contribution >= 0.6 is 0 Å². The van der Waals surface area contributed by atoms with Gasteiger partial charge < -0.3 is 9.80 Å². The Morgan fingerprint density at radius 3 is 2.29 bits per heavy atom. The number of amides is 2. The predicted molar refractivity (Wildman–Crippen MR) is 75.5 cm³/mol. The van der Waals surface area contributed by atoms with E-state index in [1.54, 1.807) is 19.2 Å². The van der Waals surface area contributed by atoms with Crippen LogP contribution in [-0.2, 0) is 9.59 Å². The molecular formula is C15H19FN3O2+. The maximum atomic E-state index is 12.9. The molecule has 0 bridgehead atoms. The highest BCUT2D eigenvalue weighted by molar-refractivity contribution is 6.04. The van der Waals surface area contributed by atoms with Crippen LogP contribution in [0, 0.1) is 5.82 Å². The quantitative estimate of drug-likeness (QED) is 0.732. The summed E-state index contributed by atoms with van der Waals surface area (Å²) in [5.74, 6) is -0.384. The molecule has 2 saturated heterocycles. The molecule has 0 saturated carbocycles. The molecule has 1 atom stereocenters. The van der Waals surface area contributed by atoms with Crippen LogP contribution in [-0.4, -0.2) is 56.0 Å². The van der Waals surface area contributed by atoms with Gasteiger partial charge in [-0.2, -0.15) is 0 Å². The molecule has 0 spiro atoms. The van der Waals surface area contributed by atoms with Crippen LogP contribution < -0.4 is 9.80 Å². The average molecular weight is 292 g/mol. The number of rotatable bonds is 2. The molecule has 2 fully saturated rings. The number of anilines is 1. The summed E-state index contributed by atoms with van der Waals surface area (Å²) in [6.45, 7) is 3.25. The van der Waals surface area contributed by atoms with Gasteiger partial charge in [-0.05, 0) is 24.3 Å². The molecule has 0 aromatic heterocycles. The van der Waals surface area contributed by atoms with E-state index in [9.17, 15) is 14.0 Å². The summed E-state index contributed by atoms with van der Waals surface area (Å²) in [7, 11) is 1.55. The van der Waals surface area contributed by atoms with Crippen LogP contribution in [0.4, 0.5) is 10.1 Å². The number of carbonyl (C=O) groups is 2. The van der Waals surface area contributed by atoms with Crippen molar-refractivity contribution >= 4 is 17.5 Å². The summed E-state index contributed by atoms with van der Waals surface area (Å²) in [5.41, 5.74) is 1.00. The van der Waals surface area contributed by atoms with Gasteiger partial charge in [0.2, 0.25) is 5.91 Å². The number of piperazine rings is 1. The predicted octanol–water partition coefficient (Wildman–Crippen LogP) is -0.712. The largest absolute Gasteiger partial charge is 0.360 e. The van der Waals surface area contributed by atoms with Gasteiger partial charge in [-0.25, -0.2) is 4.39 Å². The number of likely N-dealkylation sites (tertiary alicyclic amines) is 1. The molecule has 6 heteroatoms. The first-order valence-corrected chi connectivity index (χ1v) is 7.22. The number of quaternary nitrogens is 1. The smallest absolute Gasteiger partial charge is 0.287 e. The molecule has 21 heavy (non-hydrogen) atoms. The van der Waals surface area contributed by atoms with Crippen molar-refractivity contribution in [2.24, 2.45) is 0 Å². The Morgan fingerprint density at radius 2 is 1.76 bits per heavy atom. The van der Waals surface area contributed by atoms with E-state index in [1.165, 1.54) is 21.9 Å². The minimum Gasteiger partial charge on any atom is -0.360 e. The van der Waals surface area contributed by atoms with Gasteiger partial charge in [-0.1, -0.05) is 0 Å². The highest BCUT2D eigenvalue weighted by atomic mass is 19.1. The third-order valence-corrected chi connectivity index (χ3v) is 4.47. The first-order chi connectivity index (χ1) is 10.1. The number of benzene rings is 1. The third-order valence-electron chi connectivity index (χ3n) is 4.47. The summed E-state index contributed by atoms with van der Waals surface area (Å²) < 4.78 is 12.9. The molecule has 0 aliphatic carbocycles. The Balaban J connectivity index is 1.62. The Morgan fingerprint density at radius 1 is 1.14 bits per heavy atom. The molecule has 1 aromatic rings. The van der Waals surface area contributed by atoms with Gasteiger partial charge in [0.05, 0.1) is 32.6 Å². The molecule has 2 aliphatic heterocycles. The van der Waals surface area contributed by atoms with Crippen LogP contribution in [0.2, 0.25) is 0 Å². The molecule has 1 N–H and O–H groups in total. The lowest BCUT2D eigenvalue weighted by Gasteiger charge is -2.35. The standard InChI is InChI=1S/C15H18FN3O2/c1-17-14(20)10-13(15(17)21)19-8-6-18(7-9-19)12-4-2-11(16)3-5-12/h2-5,13H,6-10H2,1H3/p+1. The lowest BCUT2D eigenvalue weighted by atomic mass is 10.1. The Bertz CT molecular complexity index is 553. The highest BCUT2D eigenvalue weighted by Gasteiger charge is 2.43. The number of likely N-dealkylation sites (N-methyl/N-ethyl adjacent to an activating group) is 1. The van der Waals surface area contributed by atoms with Crippen molar-refractivity contribution in [3.05, 3.63) is 30.1 Å². The van der Waals surface area contributed by atoms with E-state index < -0.39 is 0 Å². The van der Waals surface area contributed by atoms with Crippen LogP contribution in [0.25, 0.3) is 0 Å². The second-order valence-electron chi connectivity index (χ2n) is 5.67. The Labute approximate surface area is 122 Å². The van der Waals surface area contributed by atoms with E-state index in [0.717, 1.165) is 31.9 Å². The number of carbonyl (C=O) groups excluding carboxylic acids is 2. The maximum Gasteiger partial charge on any atom is 0.287 e. The first-order valence-electron chi connectivity index (χ1n) is 7.22. The minimum absolute atomic E-state index is 0.0646. The Kier molecular flexibility index (Phi) is 3.63. The fourth-order valence-electron chi connectivity index (χ4n) is 3.13. The van der Waals surface area contributed by atoms with E-state index in [2.05, 4.69) is 4.90 Å². The van der Waals surface area contributed by atoms with Crippen molar-refractivity contribution in [3.63, 3.8) is 0 Å². The zero-order valence-corrected chi connectivity index (χ0v) is 12.0. The second kappa shape index (κ2) is 5.44. The topological polar surface area (TPSA) is 45.1 Å². The molecule has 2 heterocycles. The van der Waals surface area contributed by atoms with Crippen molar-refractivity contribution in [2.45, 2.75) is 12.5 Å². The lowest BCUT2D eigenvalue weighted by Crippen LogP contribution is -3.19. The molecule has 3 rings (SSSR count). The zero-order chi connectivity index (χ0) is 15.0. The third kappa shape index (κ3) is 2.63. The number of hydrogen-bond donors (Lipinski definition) is 1. The summed E-state index contributed by atoms with van der Waals surface area (Å²) in [6, 6.07) is 6.25. The molecule has 112 valence electrons. The van der Waals surface area contributed by atoms with Crippen molar-refractivity contribution < 1.29 is 18.9 Å². The molecular weight excluding hydrogens is 273 g/mol. The van der Waals surface area contributed by atoms with Crippen molar-refractivity contribution in [3.8, 4) is 0 Å². The van der Waals surface area contributed by atoms with Crippen molar-refractivity contribution in [2.75, 3.05) is 38.1 Å². The summed E-state index contributed by atoms with van der Waals surface area (Å²) in [6.07, 6.45) is 0.321. The van der Waals surface area contributed by atoms with Gasteiger partial charge in [-0.15, -0.1) is 0 Å². The van der Waals surface area contributed by atoms with Crippen molar-refractivity contribution in [1.82, 2.24) is 4.90 Å². The van der Waals surface area contributed by atoms with Gasteiger partial charge in [0.15, 0.2) is 6.04 Å². The van der Waals surface area contributed by atoms with Gasteiger partial charge in [0.1, 0.15) is 5.82 Å². The SMILES string of the molecule is CN1C(=O)CC([NH+]2CCN(c3ccc(F)cc3)CC2)C1=O. The summed E-state index contributed by atoms with van der Waals surface area (Å²) in [5, 5.41) is 0. The molecule has 1 unspecified atom stereocenters. The monoisotopic (exact) mass is 292 g/mol. The Hall–Kier alpha value is -1.95. The molecule has 1 aromatic carbocycles. The number of imide groups is 1. The van der Waals surface area contributed by atoms with Gasteiger partial charge in [0.25, 0.3) is 5.91 Å². The minimum atomic E-state index is -0.235. The fraction of sp³-hybridized carbons (Fsp3) is 0.467. The second-order valence-corrected chi connectivity index (χ2v) is 5.67. The number of nitrogens with zero attached hydrogens (tertiary/aromatic N) is 2. The number of halogens is 1. The van der Waals surface area contributed by atoms with Crippen LogP contribution in [0.3, 0.4) is 0 Å². The van der Waals surface area contributed by atoms with Crippen LogP contribution in [0.15, 0.2) is 24.3 Å². The first kappa shape index (κ1) is 14.0. The van der Waals surface area contributed by atoms with Gasteiger partial charge in [0, 0.05) is 12.7 Å². The summed E-state index contributed by atoms with van der Waals surface area (Å²) >= 11 is 0. The van der Waals surface area contributed by atoms with Gasteiger partial charge in [-0.3, -0.25) is 14.5 Å². The summed E-state index contributed by atoms with van der Waals surface area (Å²) in [4.78, 5) is 28.2. The van der Waals surface area contributed by atoms with E-state index in [0.29, 0.717) is 6.42 Å². The molecule has 2 aliphatic rings. The molecule has 2 amide bonds. The van der Waals surface area contributed by atoms with Crippen LogP contribution in [0.1, 0.15) is 6.42 Å². The normalized spacial score (nSPS) is 24.0. The van der Waals surface area contributed by atoms with E-state index >= 15 is 0 Å². The van der Waals surface area contributed by atoms with E-state index in [-0.39, 0.29) is 23.7 Å². The molecule has 0 radical (unpaired) electrons. The van der Waals surface area contributed by atoms with Crippen LogP contribution in [0.5, 0.6) is 0 Å². The number of nitrogens with one attached hydrogen (secondary N) is 1. The fourth-order valence-corrected chi connectivity index (χ4v) is 3.13. The van der Waals surface area contributed by atoms with Gasteiger partial charge >= 0.3 is 0 Å². The average Bonchev–Trinajstić information content (AvgIpc) is 2.76. The zero-order valence-electron chi connectivity index (χ0n) is 12.0. The van der Waals surface area contributed by atoms with E-state index in [1.807, 2.05) is 0 Å². The van der Waals surface area contributed by atoms with Crippen molar-refractivity contribution in [1.29, 1.82) is 0 Å². The maximum absolute atomic E-state index is 12.9. The molecule has 5 nitrogen and oxygen atoms in total. The number of hydrogen-bond acceptors (Lipinski definition) is 3.